The van der Waals surface area contributed by atoms with Gasteiger partial charge in [-0.1, -0.05) is 37.4 Å². The molecule has 1 aromatic rings. The number of allylic oxidation sites excluding steroid dienone is 2. The highest BCUT2D eigenvalue weighted by Gasteiger charge is 1.96. The van der Waals surface area contributed by atoms with Crippen LogP contribution in [0.4, 0.5) is 0 Å². The van der Waals surface area contributed by atoms with E-state index in [4.69, 9.17) is 5.26 Å². The normalized spacial score (nSPS) is 9.69. The van der Waals surface area contributed by atoms with Gasteiger partial charge in [-0.25, -0.2) is 4.99 Å². The van der Waals surface area contributed by atoms with Crippen molar-refractivity contribution in [1.29, 1.82) is 5.26 Å². The lowest BCUT2D eigenvalue weighted by atomic mass is 10.1. The van der Waals surface area contributed by atoms with Crippen LogP contribution in [0, 0.1) is 11.3 Å². The van der Waals surface area contributed by atoms with Crippen molar-refractivity contribution in [2.45, 2.75) is 0 Å². The van der Waals surface area contributed by atoms with Crippen molar-refractivity contribution in [3.8, 4) is 6.07 Å². The third-order valence-corrected chi connectivity index (χ3v) is 1.92. The third-order valence-electron chi connectivity index (χ3n) is 1.92. The van der Waals surface area contributed by atoms with Crippen molar-refractivity contribution in [1.82, 2.24) is 0 Å². The molecule has 0 unspecified atom stereocenters. The Balaban J connectivity index is 2.82. The molecule has 0 aromatic heterocycles. The van der Waals surface area contributed by atoms with Crippen LogP contribution in [0.15, 0.2) is 48.1 Å². The van der Waals surface area contributed by atoms with Gasteiger partial charge in [0.2, 0.25) is 0 Å². The zero-order chi connectivity index (χ0) is 12.0. The Bertz CT molecular complexity index is 490. The van der Waals surface area contributed by atoms with Gasteiger partial charge in [0.15, 0.2) is 0 Å². The van der Waals surface area contributed by atoms with Crippen molar-refractivity contribution in [3.05, 3.63) is 54.2 Å². The van der Waals surface area contributed by atoms with Gasteiger partial charge in [-0.05, 0) is 11.1 Å². The molecule has 16 heavy (non-hydrogen) atoms. The summed E-state index contributed by atoms with van der Waals surface area (Å²) in [4.78, 5) is 14.3. The molecule has 0 saturated carbocycles. The van der Waals surface area contributed by atoms with Crippen LogP contribution >= 0.6 is 0 Å². The van der Waals surface area contributed by atoms with E-state index in [0.717, 1.165) is 11.8 Å². The SMILES string of the molecule is C=C(C#N)N=CC(=C)c1ccc(C=O)cc1. The van der Waals surface area contributed by atoms with Gasteiger partial charge in [0, 0.05) is 11.8 Å². The molecule has 0 fully saturated rings. The number of benzene rings is 1. The number of aldehydes is 1. The summed E-state index contributed by atoms with van der Waals surface area (Å²) in [6.45, 7) is 7.22. The number of nitriles is 1. The van der Waals surface area contributed by atoms with Gasteiger partial charge in [0.25, 0.3) is 0 Å². The van der Waals surface area contributed by atoms with E-state index >= 15 is 0 Å². The largest absolute Gasteiger partial charge is 0.298 e. The minimum Gasteiger partial charge on any atom is -0.298 e. The van der Waals surface area contributed by atoms with E-state index in [-0.39, 0.29) is 5.70 Å². The first-order valence-corrected chi connectivity index (χ1v) is 4.55. The van der Waals surface area contributed by atoms with Crippen LogP contribution in [-0.4, -0.2) is 12.5 Å². The molecule has 0 radical (unpaired) electrons. The average Bonchev–Trinajstić information content (AvgIpc) is 2.35. The fourth-order valence-electron chi connectivity index (χ4n) is 1.04. The summed E-state index contributed by atoms with van der Waals surface area (Å²) in [5, 5.41) is 8.45. The van der Waals surface area contributed by atoms with Crippen LogP contribution in [0.5, 0.6) is 0 Å². The number of aliphatic imine (C=N–C) groups is 1. The molecule has 0 aliphatic carbocycles. The van der Waals surface area contributed by atoms with E-state index in [1.807, 2.05) is 6.07 Å². The van der Waals surface area contributed by atoms with Crippen molar-refractivity contribution in [3.63, 3.8) is 0 Å². The Labute approximate surface area is 94.1 Å². The Kier molecular flexibility index (Phi) is 3.93. The third kappa shape index (κ3) is 3.03. The Morgan fingerprint density at radius 3 is 2.44 bits per heavy atom. The molecule has 0 N–H and O–H groups in total. The molecule has 0 heterocycles. The van der Waals surface area contributed by atoms with E-state index < -0.39 is 0 Å². The minimum atomic E-state index is 0.130. The second-order valence-corrected chi connectivity index (χ2v) is 3.08. The standard InChI is InChI=1S/C13H10N2O/c1-10(8-15-11(2)7-14)13-5-3-12(9-16)4-6-13/h3-6,8-9H,1-2H2. The predicted molar refractivity (Wildman–Crippen MR) is 64.1 cm³/mol. The van der Waals surface area contributed by atoms with Gasteiger partial charge in [-0.3, -0.25) is 4.79 Å². The first-order chi connectivity index (χ1) is 7.67. The predicted octanol–water partition coefficient (Wildman–Crippen LogP) is 2.62. The Morgan fingerprint density at radius 2 is 1.94 bits per heavy atom. The van der Waals surface area contributed by atoms with Gasteiger partial charge in [-0.15, -0.1) is 0 Å². The lowest BCUT2D eigenvalue weighted by Crippen LogP contribution is -1.86. The summed E-state index contributed by atoms with van der Waals surface area (Å²) in [7, 11) is 0. The first-order valence-electron chi connectivity index (χ1n) is 4.55. The number of hydrogen-bond donors (Lipinski definition) is 0. The maximum atomic E-state index is 10.4. The summed E-state index contributed by atoms with van der Waals surface area (Å²) >= 11 is 0. The van der Waals surface area contributed by atoms with E-state index in [0.29, 0.717) is 11.1 Å². The van der Waals surface area contributed by atoms with Crippen molar-refractivity contribution < 1.29 is 4.79 Å². The highest BCUT2D eigenvalue weighted by Crippen LogP contribution is 2.11. The molecule has 78 valence electrons. The molecule has 0 aliphatic rings. The molecular weight excluding hydrogens is 200 g/mol. The number of rotatable bonds is 4. The minimum absolute atomic E-state index is 0.130. The van der Waals surface area contributed by atoms with Gasteiger partial charge in [0.05, 0.1) is 0 Å². The van der Waals surface area contributed by atoms with Crippen LogP contribution in [-0.2, 0) is 0 Å². The zero-order valence-corrected chi connectivity index (χ0v) is 8.68. The highest BCUT2D eigenvalue weighted by molar-refractivity contribution is 6.09. The van der Waals surface area contributed by atoms with Crippen molar-refractivity contribution in [2.75, 3.05) is 0 Å². The molecule has 0 bridgehead atoms. The topological polar surface area (TPSA) is 53.2 Å². The monoisotopic (exact) mass is 210 g/mol. The molecule has 0 spiro atoms. The van der Waals surface area contributed by atoms with Gasteiger partial charge in [-0.2, -0.15) is 5.26 Å². The average molecular weight is 210 g/mol. The smallest absolute Gasteiger partial charge is 0.150 e. The van der Waals surface area contributed by atoms with Crippen molar-refractivity contribution >= 4 is 18.1 Å². The summed E-state index contributed by atoms with van der Waals surface area (Å²) in [6, 6.07) is 8.74. The van der Waals surface area contributed by atoms with Crippen LogP contribution in [0.3, 0.4) is 0 Å². The lowest BCUT2D eigenvalue weighted by Gasteiger charge is -1.99. The van der Waals surface area contributed by atoms with Gasteiger partial charge in [0.1, 0.15) is 18.1 Å². The van der Waals surface area contributed by atoms with E-state index in [9.17, 15) is 4.79 Å². The van der Waals surface area contributed by atoms with Gasteiger partial charge >= 0.3 is 0 Å². The second kappa shape index (κ2) is 5.42. The molecule has 0 amide bonds. The summed E-state index contributed by atoms with van der Waals surface area (Å²) in [5.74, 6) is 0. The lowest BCUT2D eigenvalue weighted by molar-refractivity contribution is 0.112. The number of carbonyl (C=O) groups excluding carboxylic acids is 1. The molecule has 0 aliphatic heterocycles. The number of nitrogens with zero attached hydrogens (tertiary/aromatic N) is 2. The summed E-state index contributed by atoms with van der Waals surface area (Å²) in [6.07, 6.45) is 2.25. The quantitative estimate of drug-likeness (QED) is 0.435. The van der Waals surface area contributed by atoms with Gasteiger partial charge < -0.3 is 0 Å². The van der Waals surface area contributed by atoms with Crippen LogP contribution < -0.4 is 0 Å². The Hall–Kier alpha value is -2.47. The van der Waals surface area contributed by atoms with E-state index in [2.05, 4.69) is 18.2 Å². The molecule has 0 saturated heterocycles. The maximum Gasteiger partial charge on any atom is 0.150 e. The fourth-order valence-corrected chi connectivity index (χ4v) is 1.04. The van der Waals surface area contributed by atoms with Crippen LogP contribution in [0.2, 0.25) is 0 Å². The molecule has 3 heteroatoms. The number of carbonyl (C=O) groups is 1. The fraction of sp³-hybridized carbons (Fsp3) is 0. The molecule has 1 rings (SSSR count). The second-order valence-electron chi connectivity index (χ2n) is 3.08. The van der Waals surface area contributed by atoms with E-state index in [1.165, 1.54) is 6.21 Å². The first kappa shape index (κ1) is 11.6. The molecular formula is C13H10N2O. The Morgan fingerprint density at radius 1 is 1.31 bits per heavy atom. The molecule has 0 atom stereocenters. The number of hydrogen-bond acceptors (Lipinski definition) is 3. The van der Waals surface area contributed by atoms with E-state index in [1.54, 1.807) is 24.3 Å². The highest BCUT2D eigenvalue weighted by atomic mass is 16.1. The van der Waals surface area contributed by atoms with Crippen LogP contribution in [0.25, 0.3) is 5.57 Å². The summed E-state index contributed by atoms with van der Waals surface area (Å²) in [5.41, 5.74) is 2.24. The zero-order valence-electron chi connectivity index (χ0n) is 8.68. The maximum absolute atomic E-state index is 10.4. The van der Waals surface area contributed by atoms with Crippen molar-refractivity contribution in [2.24, 2.45) is 4.99 Å². The summed E-state index contributed by atoms with van der Waals surface area (Å²) < 4.78 is 0. The molecule has 3 nitrogen and oxygen atoms in total. The molecule has 1 aromatic carbocycles. The van der Waals surface area contributed by atoms with Crippen LogP contribution in [0.1, 0.15) is 15.9 Å².